The van der Waals surface area contributed by atoms with Gasteiger partial charge in [0.05, 0.1) is 28.9 Å². The molecular weight excluding hydrogens is 447 g/mol. The van der Waals surface area contributed by atoms with Gasteiger partial charge in [0.1, 0.15) is 5.56 Å². The van der Waals surface area contributed by atoms with Gasteiger partial charge in [-0.15, -0.1) is 0 Å². The van der Waals surface area contributed by atoms with Crippen LogP contribution in [0.15, 0.2) is 36.7 Å². The van der Waals surface area contributed by atoms with E-state index in [1.807, 2.05) is 0 Å². The monoisotopic (exact) mass is 469 g/mol. The Morgan fingerprint density at radius 2 is 1.88 bits per heavy atom. The fourth-order valence-electron chi connectivity index (χ4n) is 3.73. The van der Waals surface area contributed by atoms with Crippen LogP contribution in [0, 0.1) is 5.92 Å². The molecule has 1 aromatic carbocycles. The largest absolute Gasteiger partial charge is 0.465 e. The van der Waals surface area contributed by atoms with Gasteiger partial charge in [0.2, 0.25) is 0 Å². The maximum absolute atomic E-state index is 12.9. The van der Waals surface area contributed by atoms with E-state index in [1.165, 1.54) is 13.3 Å². The maximum Gasteiger partial charge on any atom is 0.416 e. The number of methoxy groups -OCH3 is 1. The normalized spacial score (nSPS) is 18.7. The molecule has 1 saturated carbocycles. The Balaban J connectivity index is 1.53. The lowest BCUT2D eigenvalue weighted by atomic mass is 9.85. The first-order valence-electron chi connectivity index (χ1n) is 10.1. The molecule has 1 fully saturated rings. The summed E-state index contributed by atoms with van der Waals surface area (Å²) in [5.41, 5.74) is -0.0991. The number of rotatable bonds is 6. The molecule has 0 bridgehead atoms. The Labute approximate surface area is 188 Å². The summed E-state index contributed by atoms with van der Waals surface area (Å²) >= 11 is 5.95. The van der Waals surface area contributed by atoms with Crippen LogP contribution in [0.2, 0.25) is 5.02 Å². The van der Waals surface area contributed by atoms with Gasteiger partial charge in [-0.2, -0.15) is 13.2 Å². The molecule has 0 spiro atoms. The quantitative estimate of drug-likeness (QED) is 0.586. The molecule has 1 heterocycles. The summed E-state index contributed by atoms with van der Waals surface area (Å²) in [6, 6.07) is 4.28. The third-order valence-electron chi connectivity index (χ3n) is 5.53. The Morgan fingerprint density at radius 3 is 2.53 bits per heavy atom. The average molecular weight is 470 g/mol. The first-order chi connectivity index (χ1) is 15.2. The van der Waals surface area contributed by atoms with Gasteiger partial charge in [-0.1, -0.05) is 11.6 Å². The van der Waals surface area contributed by atoms with Crippen molar-refractivity contribution >= 4 is 29.2 Å². The van der Waals surface area contributed by atoms with Gasteiger partial charge in [0, 0.05) is 25.0 Å². The fraction of sp³-hybridized carbons (Fsp3) is 0.409. The number of carbonyl (C=O) groups excluding carboxylic acids is 2. The predicted molar refractivity (Wildman–Crippen MR) is 114 cm³/mol. The fourth-order valence-corrected chi connectivity index (χ4v) is 3.93. The Hall–Kier alpha value is -2.81. The van der Waals surface area contributed by atoms with E-state index in [1.54, 1.807) is 12.3 Å². The van der Waals surface area contributed by atoms with Crippen LogP contribution in [0.1, 0.15) is 52.0 Å². The van der Waals surface area contributed by atoms with E-state index in [9.17, 15) is 22.8 Å². The minimum Gasteiger partial charge on any atom is -0.465 e. The lowest BCUT2D eigenvalue weighted by Crippen LogP contribution is -2.38. The molecule has 6 nitrogen and oxygen atoms in total. The number of amides is 1. The van der Waals surface area contributed by atoms with Crippen molar-refractivity contribution in [1.82, 2.24) is 10.3 Å². The number of nitrogens with zero attached hydrogens (tertiary/aromatic N) is 1. The number of hydrogen-bond acceptors (Lipinski definition) is 5. The number of hydrogen-bond donors (Lipinski definition) is 2. The molecule has 1 aliphatic rings. The van der Waals surface area contributed by atoms with Crippen LogP contribution in [0.3, 0.4) is 0 Å². The van der Waals surface area contributed by atoms with Crippen molar-refractivity contribution < 1.29 is 27.5 Å². The molecule has 0 saturated heterocycles. The first-order valence-corrected chi connectivity index (χ1v) is 10.5. The predicted octanol–water partition coefficient (Wildman–Crippen LogP) is 4.94. The second-order valence-corrected chi connectivity index (χ2v) is 8.08. The zero-order chi connectivity index (χ0) is 23.3. The molecule has 1 aromatic heterocycles. The van der Waals surface area contributed by atoms with Crippen LogP contribution >= 0.6 is 11.6 Å². The molecule has 2 N–H and O–H groups in total. The smallest absolute Gasteiger partial charge is 0.416 e. The third-order valence-corrected chi connectivity index (χ3v) is 5.86. The number of alkyl halides is 3. The van der Waals surface area contributed by atoms with Gasteiger partial charge in [-0.05, 0) is 55.9 Å². The van der Waals surface area contributed by atoms with Crippen molar-refractivity contribution in [2.45, 2.75) is 37.9 Å². The van der Waals surface area contributed by atoms with Crippen molar-refractivity contribution in [3.05, 3.63) is 58.4 Å². The summed E-state index contributed by atoms with van der Waals surface area (Å²) in [7, 11) is 1.31. The Bertz CT molecular complexity index is 976. The SMILES string of the molecule is COC(=O)c1cnccc1NC[C@H]1CC[C@H](NC(=O)c2cc(C(F)(F)F)ccc2Cl)CC1. The number of aromatic nitrogens is 1. The van der Waals surface area contributed by atoms with E-state index in [2.05, 4.69) is 15.6 Å². The van der Waals surface area contributed by atoms with Crippen molar-refractivity contribution in [3.8, 4) is 0 Å². The van der Waals surface area contributed by atoms with Crippen LogP contribution in [-0.4, -0.2) is 36.6 Å². The zero-order valence-corrected chi connectivity index (χ0v) is 18.1. The van der Waals surface area contributed by atoms with E-state index in [0.717, 1.165) is 31.0 Å². The topological polar surface area (TPSA) is 80.3 Å². The lowest BCUT2D eigenvalue weighted by Gasteiger charge is -2.29. The summed E-state index contributed by atoms with van der Waals surface area (Å²) in [5, 5.41) is 6.03. The molecule has 0 atom stereocenters. The molecular formula is C22H23ClF3N3O3. The summed E-state index contributed by atoms with van der Waals surface area (Å²) < 4.78 is 43.6. The molecule has 0 radical (unpaired) electrons. The van der Waals surface area contributed by atoms with Gasteiger partial charge in [0.15, 0.2) is 0 Å². The number of carbonyl (C=O) groups is 2. The van der Waals surface area contributed by atoms with E-state index >= 15 is 0 Å². The van der Waals surface area contributed by atoms with Crippen molar-refractivity contribution in [2.75, 3.05) is 19.0 Å². The number of anilines is 1. The van der Waals surface area contributed by atoms with E-state index in [-0.39, 0.29) is 16.6 Å². The van der Waals surface area contributed by atoms with Gasteiger partial charge >= 0.3 is 12.1 Å². The number of ether oxygens (including phenoxy) is 1. The first kappa shape index (κ1) is 23.8. The van der Waals surface area contributed by atoms with Gasteiger partial charge < -0.3 is 15.4 Å². The second-order valence-electron chi connectivity index (χ2n) is 7.68. The highest BCUT2D eigenvalue weighted by Crippen LogP contribution is 2.32. The highest BCUT2D eigenvalue weighted by molar-refractivity contribution is 6.33. The highest BCUT2D eigenvalue weighted by Gasteiger charge is 2.32. The standard InChI is InChI=1S/C22H23ClF3N3O3/c1-32-21(31)17-12-27-9-8-19(17)28-11-13-2-5-15(6-3-13)29-20(30)16-10-14(22(24,25)26)4-7-18(16)23/h4,7-10,12-13,15H,2-3,5-6,11H2,1H3,(H,27,28)(H,29,30)/t13-,15-. The van der Waals surface area contributed by atoms with Crippen molar-refractivity contribution in [2.24, 2.45) is 5.92 Å². The number of benzene rings is 1. The molecule has 32 heavy (non-hydrogen) atoms. The van der Waals surface area contributed by atoms with Crippen molar-refractivity contribution in [3.63, 3.8) is 0 Å². The van der Waals surface area contributed by atoms with Crippen LogP contribution in [0.4, 0.5) is 18.9 Å². The number of halogens is 4. The van der Waals surface area contributed by atoms with Crippen molar-refractivity contribution in [1.29, 1.82) is 0 Å². The molecule has 172 valence electrons. The summed E-state index contributed by atoms with van der Waals surface area (Å²) in [6.45, 7) is 0.633. The van der Waals surface area contributed by atoms with Crippen LogP contribution in [0.25, 0.3) is 0 Å². The van der Waals surface area contributed by atoms with E-state index in [4.69, 9.17) is 16.3 Å². The number of nitrogens with one attached hydrogen (secondary N) is 2. The van der Waals surface area contributed by atoms with Gasteiger partial charge in [-0.25, -0.2) is 4.79 Å². The molecule has 1 aliphatic carbocycles. The second kappa shape index (κ2) is 10.2. The summed E-state index contributed by atoms with van der Waals surface area (Å²) in [4.78, 5) is 28.3. The number of pyridine rings is 1. The Morgan fingerprint density at radius 1 is 1.16 bits per heavy atom. The molecule has 2 aromatic rings. The highest BCUT2D eigenvalue weighted by atomic mass is 35.5. The maximum atomic E-state index is 12.9. The minimum atomic E-state index is -4.55. The zero-order valence-electron chi connectivity index (χ0n) is 17.3. The number of esters is 1. The third kappa shape index (κ3) is 5.91. The molecule has 3 rings (SSSR count). The molecule has 0 unspecified atom stereocenters. The van der Waals surface area contributed by atoms with Crippen LogP contribution in [0.5, 0.6) is 0 Å². The molecule has 10 heteroatoms. The van der Waals surface area contributed by atoms with E-state index in [0.29, 0.717) is 36.6 Å². The molecule has 0 aliphatic heterocycles. The average Bonchev–Trinajstić information content (AvgIpc) is 2.77. The van der Waals surface area contributed by atoms with Crippen LogP contribution < -0.4 is 10.6 Å². The molecule has 1 amide bonds. The Kier molecular flexibility index (Phi) is 7.60. The lowest BCUT2D eigenvalue weighted by molar-refractivity contribution is -0.137. The van der Waals surface area contributed by atoms with Gasteiger partial charge in [0.25, 0.3) is 5.91 Å². The van der Waals surface area contributed by atoms with Crippen LogP contribution in [-0.2, 0) is 10.9 Å². The summed E-state index contributed by atoms with van der Waals surface area (Å²) in [6.07, 6.45) is 1.48. The minimum absolute atomic E-state index is 0.0212. The summed E-state index contributed by atoms with van der Waals surface area (Å²) in [5.74, 6) is -0.763. The van der Waals surface area contributed by atoms with Gasteiger partial charge in [-0.3, -0.25) is 9.78 Å². The van der Waals surface area contributed by atoms with E-state index < -0.39 is 23.6 Å².